The number of hydrogen-bond acceptors (Lipinski definition) is 3. The second-order valence-corrected chi connectivity index (χ2v) is 6.88. The lowest BCUT2D eigenvalue weighted by Gasteiger charge is -2.33. The fourth-order valence-electron chi connectivity index (χ4n) is 3.26. The molecule has 3 atom stereocenters. The molecule has 2 nitrogen and oxygen atoms in total. The van der Waals surface area contributed by atoms with Crippen LogP contribution < -0.4 is 5.32 Å². The van der Waals surface area contributed by atoms with Crippen molar-refractivity contribution in [3.63, 3.8) is 0 Å². The van der Waals surface area contributed by atoms with Crippen molar-refractivity contribution < 1.29 is 0 Å². The summed E-state index contributed by atoms with van der Waals surface area (Å²) in [5.41, 5.74) is 1.36. The van der Waals surface area contributed by atoms with Gasteiger partial charge in [0.2, 0.25) is 0 Å². The third-order valence-corrected chi connectivity index (χ3v) is 5.59. The molecule has 0 spiro atoms. The van der Waals surface area contributed by atoms with Crippen LogP contribution in [0, 0.1) is 5.92 Å². The number of aliphatic imine (C=N–C) groups is 1. The van der Waals surface area contributed by atoms with Gasteiger partial charge in [-0.05, 0) is 30.7 Å². The lowest BCUT2D eigenvalue weighted by Crippen LogP contribution is -2.36. The summed E-state index contributed by atoms with van der Waals surface area (Å²) in [5, 5.41) is 4.84. The van der Waals surface area contributed by atoms with Crippen molar-refractivity contribution in [2.45, 2.75) is 51.1 Å². The number of thioether (sulfide) groups is 1. The third-order valence-electron chi connectivity index (χ3n) is 4.49. The summed E-state index contributed by atoms with van der Waals surface area (Å²) in [4.78, 5) is 4.99. The van der Waals surface area contributed by atoms with Crippen molar-refractivity contribution in [2.75, 3.05) is 5.75 Å². The number of nitrogens with one attached hydrogen (secondary N) is 1. The maximum Gasteiger partial charge on any atom is 0.157 e. The zero-order valence-corrected chi connectivity index (χ0v) is 13.0. The molecule has 0 aromatic heterocycles. The van der Waals surface area contributed by atoms with E-state index < -0.39 is 0 Å². The van der Waals surface area contributed by atoms with Gasteiger partial charge in [0.15, 0.2) is 5.17 Å². The van der Waals surface area contributed by atoms with Crippen molar-refractivity contribution >= 4 is 16.9 Å². The molecule has 0 bridgehead atoms. The zero-order valence-electron chi connectivity index (χ0n) is 12.2. The highest BCUT2D eigenvalue weighted by molar-refractivity contribution is 8.13. The molecule has 1 aromatic rings. The fourth-order valence-corrected chi connectivity index (χ4v) is 4.46. The van der Waals surface area contributed by atoms with Gasteiger partial charge in [-0.2, -0.15) is 0 Å². The quantitative estimate of drug-likeness (QED) is 0.892. The van der Waals surface area contributed by atoms with Gasteiger partial charge in [0.05, 0.1) is 12.1 Å². The van der Waals surface area contributed by atoms with Crippen LogP contribution in [0.4, 0.5) is 0 Å². The molecule has 1 aromatic carbocycles. The molecule has 1 saturated carbocycles. The van der Waals surface area contributed by atoms with E-state index in [4.69, 9.17) is 4.99 Å². The van der Waals surface area contributed by atoms with Gasteiger partial charge in [-0.1, -0.05) is 61.9 Å². The molecule has 20 heavy (non-hydrogen) atoms. The minimum Gasteiger partial charge on any atom is -0.358 e. The van der Waals surface area contributed by atoms with Crippen LogP contribution in [-0.2, 0) is 0 Å². The molecule has 3 unspecified atom stereocenters. The van der Waals surface area contributed by atoms with Gasteiger partial charge in [-0.3, -0.25) is 4.99 Å². The molecular formula is C17H24N2S. The Kier molecular flexibility index (Phi) is 4.66. The molecule has 0 amide bonds. The van der Waals surface area contributed by atoms with Crippen LogP contribution in [0.2, 0.25) is 0 Å². The average molecular weight is 288 g/mol. The molecule has 0 radical (unpaired) electrons. The van der Waals surface area contributed by atoms with E-state index in [1.165, 1.54) is 42.2 Å². The highest BCUT2D eigenvalue weighted by Crippen LogP contribution is 2.34. The van der Waals surface area contributed by atoms with E-state index in [0.29, 0.717) is 12.1 Å². The van der Waals surface area contributed by atoms with Gasteiger partial charge in [-0.25, -0.2) is 0 Å². The van der Waals surface area contributed by atoms with Crippen LogP contribution in [0.25, 0.3) is 0 Å². The fraction of sp³-hybridized carbons (Fsp3) is 0.588. The molecule has 108 valence electrons. The van der Waals surface area contributed by atoms with E-state index in [0.717, 1.165) is 12.3 Å². The minimum atomic E-state index is 0.391. The van der Waals surface area contributed by atoms with Gasteiger partial charge in [0.1, 0.15) is 0 Å². The van der Waals surface area contributed by atoms with Gasteiger partial charge in [-0.15, -0.1) is 0 Å². The Bertz CT molecular complexity index is 457. The second kappa shape index (κ2) is 6.66. The molecule has 1 N–H and O–H groups in total. The summed E-state index contributed by atoms with van der Waals surface area (Å²) in [5.74, 6) is 2.08. The topological polar surface area (TPSA) is 24.4 Å². The summed E-state index contributed by atoms with van der Waals surface area (Å²) < 4.78 is 0. The highest BCUT2D eigenvalue weighted by atomic mass is 32.2. The van der Waals surface area contributed by atoms with Crippen LogP contribution in [0.15, 0.2) is 35.3 Å². The maximum absolute atomic E-state index is 4.99. The summed E-state index contributed by atoms with van der Waals surface area (Å²) >= 11 is 1.93. The van der Waals surface area contributed by atoms with Crippen molar-refractivity contribution in [3.05, 3.63) is 35.9 Å². The van der Waals surface area contributed by atoms with E-state index >= 15 is 0 Å². The Labute approximate surface area is 126 Å². The smallest absolute Gasteiger partial charge is 0.157 e. The Morgan fingerprint density at radius 2 is 2.05 bits per heavy atom. The predicted octanol–water partition coefficient (Wildman–Crippen LogP) is 4.39. The van der Waals surface area contributed by atoms with Gasteiger partial charge >= 0.3 is 0 Å². The number of hydrogen-bond donors (Lipinski definition) is 1. The number of rotatable bonds is 3. The van der Waals surface area contributed by atoms with Gasteiger partial charge in [0, 0.05) is 5.75 Å². The number of fused-ring (bicyclic) bond motifs is 1. The van der Waals surface area contributed by atoms with Gasteiger partial charge in [0.25, 0.3) is 0 Å². The molecule has 1 aliphatic carbocycles. The first-order valence-electron chi connectivity index (χ1n) is 7.89. The molecule has 0 saturated heterocycles. The number of benzene rings is 1. The summed E-state index contributed by atoms with van der Waals surface area (Å²) in [6.07, 6.45) is 6.53. The Balaban J connectivity index is 1.68. The maximum atomic E-state index is 4.99. The van der Waals surface area contributed by atoms with E-state index in [2.05, 4.69) is 42.6 Å². The molecule has 2 aliphatic rings. The molecule has 3 rings (SSSR count). The molecule has 3 heteroatoms. The first-order chi connectivity index (χ1) is 9.86. The van der Waals surface area contributed by atoms with Crippen molar-refractivity contribution in [1.82, 2.24) is 5.32 Å². The first kappa shape index (κ1) is 14.0. The first-order valence-corrected chi connectivity index (χ1v) is 8.87. The lowest BCUT2D eigenvalue weighted by atomic mass is 9.86. The zero-order chi connectivity index (χ0) is 13.8. The predicted molar refractivity (Wildman–Crippen MR) is 88.2 cm³/mol. The van der Waals surface area contributed by atoms with E-state index in [1.807, 2.05) is 11.8 Å². The average Bonchev–Trinajstić information content (AvgIpc) is 2.53. The van der Waals surface area contributed by atoms with Crippen LogP contribution >= 0.6 is 11.8 Å². The van der Waals surface area contributed by atoms with Crippen LogP contribution in [0.3, 0.4) is 0 Å². The summed E-state index contributed by atoms with van der Waals surface area (Å²) in [6.45, 7) is 2.24. The monoisotopic (exact) mass is 288 g/mol. The van der Waals surface area contributed by atoms with Crippen molar-refractivity contribution in [2.24, 2.45) is 10.9 Å². The van der Waals surface area contributed by atoms with Gasteiger partial charge < -0.3 is 5.32 Å². The van der Waals surface area contributed by atoms with E-state index in [1.54, 1.807) is 0 Å². The largest absolute Gasteiger partial charge is 0.358 e. The SMILES string of the molecule is CCC(NC1=NC2CCCCC2CS1)c1ccccc1. The summed E-state index contributed by atoms with van der Waals surface area (Å²) in [7, 11) is 0. The second-order valence-electron chi connectivity index (χ2n) is 5.87. The number of amidine groups is 1. The van der Waals surface area contributed by atoms with Crippen LogP contribution in [0.1, 0.15) is 50.6 Å². The Hall–Kier alpha value is -0.960. The van der Waals surface area contributed by atoms with Crippen molar-refractivity contribution in [1.29, 1.82) is 0 Å². The standard InChI is InChI=1S/C17H24N2S/c1-2-15(13-8-4-3-5-9-13)18-17-19-16-11-7-6-10-14(16)12-20-17/h3-5,8-9,14-16H,2,6-7,10-12H2,1H3,(H,18,19). The van der Waals surface area contributed by atoms with E-state index in [9.17, 15) is 0 Å². The number of nitrogens with zero attached hydrogens (tertiary/aromatic N) is 1. The third kappa shape index (κ3) is 3.20. The van der Waals surface area contributed by atoms with Crippen molar-refractivity contribution in [3.8, 4) is 0 Å². The molecule has 1 fully saturated rings. The summed E-state index contributed by atoms with van der Waals surface area (Å²) in [6, 6.07) is 11.7. The Morgan fingerprint density at radius 1 is 1.25 bits per heavy atom. The molecular weight excluding hydrogens is 264 g/mol. The Morgan fingerprint density at radius 3 is 2.85 bits per heavy atom. The van der Waals surface area contributed by atoms with E-state index in [-0.39, 0.29) is 0 Å². The lowest BCUT2D eigenvalue weighted by molar-refractivity contribution is 0.335. The molecule has 1 aliphatic heterocycles. The van der Waals surface area contributed by atoms with Crippen LogP contribution in [-0.4, -0.2) is 17.0 Å². The minimum absolute atomic E-state index is 0.391. The van der Waals surface area contributed by atoms with Crippen LogP contribution in [0.5, 0.6) is 0 Å². The normalized spacial score (nSPS) is 27.4. The molecule has 1 heterocycles. The highest BCUT2D eigenvalue weighted by Gasteiger charge is 2.29.